The fraction of sp³-hybridized carbons (Fsp3) is 0.400. The van der Waals surface area contributed by atoms with Crippen molar-refractivity contribution >= 4 is 15.9 Å². The van der Waals surface area contributed by atoms with E-state index >= 15 is 0 Å². The van der Waals surface area contributed by atoms with Gasteiger partial charge in [-0.3, -0.25) is 9.78 Å². The first-order valence-corrected chi connectivity index (χ1v) is 10.8. The molecule has 1 atom stereocenters. The van der Waals surface area contributed by atoms with Gasteiger partial charge in [-0.25, -0.2) is 8.42 Å². The topological polar surface area (TPSA) is 79.8 Å². The van der Waals surface area contributed by atoms with E-state index in [4.69, 9.17) is 4.74 Å². The van der Waals surface area contributed by atoms with E-state index in [1.54, 1.807) is 42.3 Å². The minimum Gasteiger partial charge on any atom is -0.494 e. The predicted octanol–water partition coefficient (Wildman–Crippen LogP) is 2.30. The second-order valence-electron chi connectivity index (χ2n) is 7.13. The van der Waals surface area contributed by atoms with Gasteiger partial charge in [0, 0.05) is 25.8 Å². The van der Waals surface area contributed by atoms with Crippen molar-refractivity contribution in [2.75, 3.05) is 26.2 Å². The van der Waals surface area contributed by atoms with Gasteiger partial charge in [0.05, 0.1) is 28.8 Å². The Labute approximate surface area is 165 Å². The molecule has 148 valence electrons. The molecule has 0 N–H and O–H groups in total. The van der Waals surface area contributed by atoms with Crippen LogP contribution >= 0.6 is 0 Å². The van der Waals surface area contributed by atoms with Crippen molar-refractivity contribution < 1.29 is 17.9 Å². The normalized spacial score (nSPS) is 19.5. The highest BCUT2D eigenvalue weighted by atomic mass is 32.2. The zero-order valence-electron chi connectivity index (χ0n) is 16.2. The molecule has 0 aliphatic carbocycles. The van der Waals surface area contributed by atoms with Crippen LogP contribution < -0.4 is 4.74 Å². The highest BCUT2D eigenvalue weighted by molar-refractivity contribution is 7.89. The smallest absolute Gasteiger partial charge is 0.256 e. The van der Waals surface area contributed by atoms with Gasteiger partial charge < -0.3 is 9.64 Å². The predicted molar refractivity (Wildman–Crippen MR) is 104 cm³/mol. The summed E-state index contributed by atoms with van der Waals surface area (Å²) in [4.78, 5) is 18.9. The number of aromatic nitrogens is 1. The molecule has 7 nitrogen and oxygen atoms in total. The van der Waals surface area contributed by atoms with Crippen molar-refractivity contribution in [1.29, 1.82) is 0 Å². The fourth-order valence-corrected chi connectivity index (χ4v) is 5.69. The molecule has 1 aromatic carbocycles. The Hall–Kier alpha value is -2.45. The Bertz CT molecular complexity index is 1050. The molecule has 0 radical (unpaired) electrons. The summed E-state index contributed by atoms with van der Waals surface area (Å²) < 4.78 is 33.8. The Morgan fingerprint density at radius 3 is 2.75 bits per heavy atom. The number of nitrogens with zero attached hydrogens (tertiary/aromatic N) is 3. The van der Waals surface area contributed by atoms with Gasteiger partial charge >= 0.3 is 0 Å². The molecule has 1 aromatic heterocycles. The number of hydrogen-bond acceptors (Lipinski definition) is 5. The van der Waals surface area contributed by atoms with Crippen molar-refractivity contribution in [3.63, 3.8) is 0 Å². The minimum absolute atomic E-state index is 0.0711. The minimum atomic E-state index is -3.69. The maximum Gasteiger partial charge on any atom is 0.256 e. The molecule has 2 aliphatic heterocycles. The number of pyridine rings is 1. The number of carbonyl (C=O) groups is 1. The van der Waals surface area contributed by atoms with E-state index in [2.05, 4.69) is 4.98 Å². The maximum absolute atomic E-state index is 13.4. The van der Waals surface area contributed by atoms with E-state index in [0.29, 0.717) is 35.7 Å². The number of rotatable bonds is 4. The van der Waals surface area contributed by atoms with Gasteiger partial charge in [0.25, 0.3) is 5.91 Å². The number of piperazine rings is 1. The van der Waals surface area contributed by atoms with Gasteiger partial charge in [0.1, 0.15) is 5.75 Å². The van der Waals surface area contributed by atoms with Crippen LogP contribution in [0.25, 0.3) is 0 Å². The lowest BCUT2D eigenvalue weighted by atomic mass is 10.1. The molecule has 1 fully saturated rings. The van der Waals surface area contributed by atoms with Crippen LogP contribution in [0.5, 0.6) is 5.75 Å². The van der Waals surface area contributed by atoms with Crippen LogP contribution in [0.2, 0.25) is 0 Å². The van der Waals surface area contributed by atoms with Gasteiger partial charge in [-0.15, -0.1) is 0 Å². The van der Waals surface area contributed by atoms with E-state index in [9.17, 15) is 13.2 Å². The Morgan fingerprint density at radius 2 is 2.00 bits per heavy atom. The summed E-state index contributed by atoms with van der Waals surface area (Å²) in [5, 5.41) is 0. The van der Waals surface area contributed by atoms with Crippen LogP contribution in [0.3, 0.4) is 0 Å². The van der Waals surface area contributed by atoms with Crippen LogP contribution in [0.4, 0.5) is 0 Å². The highest BCUT2D eigenvalue weighted by Gasteiger charge is 2.44. The standard InChI is InChI=1S/C20H23N3O4S/c1-4-27-17-10-14(3)18(11-13(17)2)28(25,26)22-8-9-23-16(12-22)19-15(20(23)24)6-5-7-21-19/h5-7,10-11,16H,4,8-9,12H2,1-3H3. The van der Waals surface area contributed by atoms with Crippen LogP contribution in [0.1, 0.15) is 40.1 Å². The summed E-state index contributed by atoms with van der Waals surface area (Å²) in [7, 11) is -3.69. The van der Waals surface area contributed by atoms with Crippen LogP contribution in [0.15, 0.2) is 35.4 Å². The molecule has 28 heavy (non-hydrogen) atoms. The molecule has 1 saturated heterocycles. The third kappa shape index (κ3) is 2.87. The third-order valence-corrected chi connectivity index (χ3v) is 7.39. The highest BCUT2D eigenvalue weighted by Crippen LogP contribution is 2.37. The number of fused-ring (bicyclic) bond motifs is 3. The Kier molecular flexibility index (Phi) is 4.63. The van der Waals surface area contributed by atoms with Gasteiger partial charge in [-0.05, 0) is 56.2 Å². The van der Waals surface area contributed by atoms with E-state index in [1.165, 1.54) is 4.31 Å². The summed E-state index contributed by atoms with van der Waals surface area (Å²) >= 11 is 0. The summed E-state index contributed by atoms with van der Waals surface area (Å²) in [5.41, 5.74) is 2.66. The molecule has 2 aromatic rings. The zero-order chi connectivity index (χ0) is 20.1. The molecule has 0 bridgehead atoms. The number of ether oxygens (including phenoxy) is 1. The summed E-state index contributed by atoms with van der Waals surface area (Å²) in [6, 6.07) is 6.60. The number of carbonyl (C=O) groups excluding carboxylic acids is 1. The van der Waals surface area contributed by atoms with Crippen molar-refractivity contribution in [3.8, 4) is 5.75 Å². The maximum atomic E-state index is 13.4. The van der Waals surface area contributed by atoms with Crippen molar-refractivity contribution in [1.82, 2.24) is 14.2 Å². The molecular weight excluding hydrogens is 378 g/mol. The fourth-order valence-electron chi connectivity index (χ4n) is 3.96. The zero-order valence-corrected chi connectivity index (χ0v) is 17.0. The SMILES string of the molecule is CCOc1cc(C)c(S(=O)(=O)N2CCN3C(=O)c4cccnc4C3C2)cc1C. The molecule has 8 heteroatoms. The second-order valence-corrected chi connectivity index (χ2v) is 9.04. The molecule has 2 aliphatic rings. The summed E-state index contributed by atoms with van der Waals surface area (Å²) in [5.74, 6) is 0.626. The van der Waals surface area contributed by atoms with Gasteiger partial charge in [0.15, 0.2) is 0 Å². The summed E-state index contributed by atoms with van der Waals surface area (Å²) in [6.07, 6.45) is 1.64. The Balaban J connectivity index is 1.67. The third-order valence-electron chi connectivity index (χ3n) is 5.38. The van der Waals surface area contributed by atoms with E-state index < -0.39 is 10.0 Å². The van der Waals surface area contributed by atoms with E-state index in [0.717, 1.165) is 5.56 Å². The van der Waals surface area contributed by atoms with Crippen LogP contribution in [0, 0.1) is 13.8 Å². The molecule has 1 unspecified atom stereocenters. The van der Waals surface area contributed by atoms with Crippen LogP contribution in [-0.2, 0) is 10.0 Å². The van der Waals surface area contributed by atoms with Crippen molar-refractivity contribution in [2.45, 2.75) is 31.7 Å². The molecular formula is C20H23N3O4S. The summed E-state index contributed by atoms with van der Waals surface area (Å²) in [6.45, 7) is 6.88. The first kappa shape index (κ1) is 18.9. The number of amides is 1. The van der Waals surface area contributed by atoms with Gasteiger partial charge in [0.2, 0.25) is 10.0 Å². The van der Waals surface area contributed by atoms with Crippen molar-refractivity contribution in [3.05, 3.63) is 52.8 Å². The molecule has 3 heterocycles. The van der Waals surface area contributed by atoms with Crippen molar-refractivity contribution in [2.24, 2.45) is 0 Å². The quantitative estimate of drug-likeness (QED) is 0.785. The first-order chi connectivity index (χ1) is 13.3. The number of sulfonamides is 1. The lowest BCUT2D eigenvalue weighted by molar-refractivity contribution is 0.0625. The number of aryl methyl sites for hydroxylation is 2. The lowest BCUT2D eigenvalue weighted by Gasteiger charge is -2.36. The lowest BCUT2D eigenvalue weighted by Crippen LogP contribution is -2.49. The Morgan fingerprint density at radius 1 is 1.21 bits per heavy atom. The van der Waals surface area contributed by atoms with Gasteiger partial charge in [-0.1, -0.05) is 0 Å². The second kappa shape index (κ2) is 6.86. The average molecular weight is 401 g/mol. The van der Waals surface area contributed by atoms with Gasteiger partial charge in [-0.2, -0.15) is 4.31 Å². The van der Waals surface area contributed by atoms with Crippen LogP contribution in [-0.4, -0.2) is 54.8 Å². The number of benzene rings is 1. The monoisotopic (exact) mass is 401 g/mol. The molecule has 0 spiro atoms. The molecule has 4 rings (SSSR count). The number of hydrogen-bond donors (Lipinski definition) is 0. The first-order valence-electron chi connectivity index (χ1n) is 9.34. The molecule has 1 amide bonds. The van der Waals surface area contributed by atoms with E-state index in [1.807, 2.05) is 13.8 Å². The largest absolute Gasteiger partial charge is 0.494 e. The molecule has 0 saturated carbocycles. The average Bonchev–Trinajstić information content (AvgIpc) is 2.97. The van der Waals surface area contributed by atoms with E-state index in [-0.39, 0.29) is 29.9 Å².